The highest BCUT2D eigenvalue weighted by atomic mass is 16.5. The molecule has 7 heteroatoms. The summed E-state index contributed by atoms with van der Waals surface area (Å²) >= 11 is 0. The Hall–Kier alpha value is -3.19. The van der Waals surface area contributed by atoms with E-state index in [0.29, 0.717) is 37.1 Å². The Bertz CT molecular complexity index is 1120. The van der Waals surface area contributed by atoms with Gasteiger partial charge in [0.15, 0.2) is 0 Å². The van der Waals surface area contributed by atoms with Crippen LogP contribution in [0.5, 0.6) is 0 Å². The summed E-state index contributed by atoms with van der Waals surface area (Å²) in [6.07, 6.45) is 2.89. The van der Waals surface area contributed by atoms with Crippen LogP contribution in [0.25, 0.3) is 0 Å². The molecule has 1 spiro atoms. The first-order valence-electron chi connectivity index (χ1n) is 12.1. The number of carbonyl (C=O) groups is 3. The molecular weight excluding hydrogens is 430 g/mol. The fourth-order valence-electron chi connectivity index (χ4n) is 5.05. The van der Waals surface area contributed by atoms with Crippen LogP contribution in [0.2, 0.25) is 0 Å². The molecule has 178 valence electrons. The zero-order chi connectivity index (χ0) is 23.9. The van der Waals surface area contributed by atoms with Gasteiger partial charge >= 0.3 is 0 Å². The second-order valence-electron chi connectivity index (χ2n) is 9.71. The van der Waals surface area contributed by atoms with Gasteiger partial charge in [-0.1, -0.05) is 35.9 Å². The number of ether oxygens (including phenoxy) is 1. The van der Waals surface area contributed by atoms with E-state index >= 15 is 0 Å². The maximum Gasteiger partial charge on any atom is 0.256 e. The van der Waals surface area contributed by atoms with Crippen LogP contribution in [-0.2, 0) is 9.53 Å². The van der Waals surface area contributed by atoms with Crippen molar-refractivity contribution in [2.24, 2.45) is 0 Å². The standard InChI is InChI=1S/C27H31N3O4/c1-18-6-5-8-20(16-18)25(32)30-23(24(31)28-21-10-11-21)17-34-27(30)12-14-29(15-13-27)26(33)22-9-4-3-7-19(22)2/h3-9,16,21,23H,10-15,17H2,1-2H3,(H,28,31)/t23-/m0/s1. The highest BCUT2D eigenvalue weighted by molar-refractivity contribution is 5.99. The van der Waals surface area contributed by atoms with Crippen LogP contribution in [0.3, 0.4) is 0 Å². The van der Waals surface area contributed by atoms with Crippen molar-refractivity contribution in [1.29, 1.82) is 0 Å². The van der Waals surface area contributed by atoms with Gasteiger partial charge in [-0.05, 0) is 50.5 Å². The minimum Gasteiger partial charge on any atom is -0.353 e. The summed E-state index contributed by atoms with van der Waals surface area (Å²) in [4.78, 5) is 43.5. The molecule has 0 unspecified atom stereocenters. The highest BCUT2D eigenvalue weighted by Crippen LogP contribution is 2.39. The summed E-state index contributed by atoms with van der Waals surface area (Å²) in [5.41, 5.74) is 2.28. The van der Waals surface area contributed by atoms with Gasteiger partial charge in [0.05, 0.1) is 6.61 Å². The molecular formula is C27H31N3O4. The summed E-state index contributed by atoms with van der Waals surface area (Å²) < 4.78 is 6.27. The summed E-state index contributed by atoms with van der Waals surface area (Å²) in [7, 11) is 0. The first-order valence-corrected chi connectivity index (χ1v) is 12.1. The highest BCUT2D eigenvalue weighted by Gasteiger charge is 2.54. The van der Waals surface area contributed by atoms with Crippen molar-refractivity contribution in [2.45, 2.75) is 57.3 Å². The zero-order valence-electron chi connectivity index (χ0n) is 19.8. The van der Waals surface area contributed by atoms with Crippen molar-refractivity contribution in [2.75, 3.05) is 19.7 Å². The van der Waals surface area contributed by atoms with Crippen molar-refractivity contribution in [1.82, 2.24) is 15.1 Å². The molecule has 2 saturated heterocycles. The van der Waals surface area contributed by atoms with Gasteiger partial charge in [-0.25, -0.2) is 0 Å². The Balaban J connectivity index is 1.39. The molecule has 2 aromatic carbocycles. The molecule has 5 rings (SSSR count). The lowest BCUT2D eigenvalue weighted by molar-refractivity contribution is -0.128. The molecule has 2 heterocycles. The molecule has 2 aliphatic heterocycles. The van der Waals surface area contributed by atoms with Gasteiger partial charge in [0, 0.05) is 43.1 Å². The van der Waals surface area contributed by atoms with E-state index in [1.165, 1.54) is 0 Å². The number of likely N-dealkylation sites (tertiary alicyclic amines) is 1. The maximum absolute atomic E-state index is 13.8. The van der Waals surface area contributed by atoms with Crippen LogP contribution in [0.4, 0.5) is 0 Å². The van der Waals surface area contributed by atoms with Crippen molar-refractivity contribution in [3.05, 3.63) is 70.8 Å². The van der Waals surface area contributed by atoms with Crippen molar-refractivity contribution in [3.63, 3.8) is 0 Å². The summed E-state index contributed by atoms with van der Waals surface area (Å²) in [6, 6.07) is 14.5. The SMILES string of the molecule is Cc1cccc(C(=O)N2[C@H](C(=O)NC3CC3)COC23CCN(C(=O)c2ccccc2C)CC3)c1. The smallest absolute Gasteiger partial charge is 0.256 e. The Morgan fingerprint density at radius 3 is 2.38 bits per heavy atom. The van der Waals surface area contributed by atoms with Gasteiger partial charge in [-0.3, -0.25) is 19.3 Å². The molecule has 2 aromatic rings. The van der Waals surface area contributed by atoms with Crippen LogP contribution in [0, 0.1) is 13.8 Å². The van der Waals surface area contributed by atoms with E-state index in [1.807, 2.05) is 61.2 Å². The molecule has 34 heavy (non-hydrogen) atoms. The van der Waals surface area contributed by atoms with E-state index < -0.39 is 11.8 Å². The number of amides is 3. The molecule has 3 aliphatic rings. The minimum absolute atomic E-state index is 0.00876. The third kappa shape index (κ3) is 4.20. The quantitative estimate of drug-likeness (QED) is 0.759. The number of hydrogen-bond donors (Lipinski definition) is 1. The van der Waals surface area contributed by atoms with E-state index in [1.54, 1.807) is 11.0 Å². The number of carbonyl (C=O) groups excluding carboxylic acids is 3. The molecule has 0 aromatic heterocycles. The first kappa shape index (κ1) is 22.6. The summed E-state index contributed by atoms with van der Waals surface area (Å²) in [5, 5.41) is 3.04. The van der Waals surface area contributed by atoms with Gasteiger partial charge < -0.3 is 15.0 Å². The van der Waals surface area contributed by atoms with Gasteiger partial charge in [-0.2, -0.15) is 0 Å². The lowest BCUT2D eigenvalue weighted by atomic mass is 9.95. The Morgan fingerprint density at radius 1 is 0.971 bits per heavy atom. The average Bonchev–Trinajstić information content (AvgIpc) is 3.58. The van der Waals surface area contributed by atoms with Gasteiger partial charge in [0.1, 0.15) is 11.8 Å². The second-order valence-corrected chi connectivity index (χ2v) is 9.71. The molecule has 1 N–H and O–H groups in total. The fourth-order valence-corrected chi connectivity index (χ4v) is 5.05. The Kier molecular flexibility index (Phi) is 5.90. The molecule has 1 atom stereocenters. The van der Waals surface area contributed by atoms with Crippen LogP contribution in [0.15, 0.2) is 48.5 Å². The predicted molar refractivity (Wildman–Crippen MR) is 127 cm³/mol. The number of piperidine rings is 1. The Morgan fingerprint density at radius 2 is 1.71 bits per heavy atom. The fraction of sp³-hybridized carbons (Fsp3) is 0.444. The summed E-state index contributed by atoms with van der Waals surface area (Å²) in [6.45, 7) is 4.97. The van der Waals surface area contributed by atoms with E-state index in [4.69, 9.17) is 4.74 Å². The molecule has 1 saturated carbocycles. The van der Waals surface area contributed by atoms with E-state index in [0.717, 1.165) is 24.0 Å². The topological polar surface area (TPSA) is 79.0 Å². The minimum atomic E-state index is -0.894. The van der Waals surface area contributed by atoms with Crippen LogP contribution < -0.4 is 5.32 Å². The largest absolute Gasteiger partial charge is 0.353 e. The van der Waals surface area contributed by atoms with E-state index in [-0.39, 0.29) is 30.4 Å². The van der Waals surface area contributed by atoms with Gasteiger partial charge in [-0.15, -0.1) is 0 Å². The lowest BCUT2D eigenvalue weighted by Gasteiger charge is -2.44. The van der Waals surface area contributed by atoms with Gasteiger partial charge in [0.25, 0.3) is 11.8 Å². The molecule has 0 bridgehead atoms. The van der Waals surface area contributed by atoms with Crippen LogP contribution in [-0.4, -0.2) is 65.0 Å². The zero-order valence-corrected chi connectivity index (χ0v) is 19.8. The van der Waals surface area contributed by atoms with E-state index in [9.17, 15) is 14.4 Å². The molecule has 1 aliphatic carbocycles. The second kappa shape index (κ2) is 8.87. The van der Waals surface area contributed by atoms with Crippen molar-refractivity contribution < 1.29 is 19.1 Å². The van der Waals surface area contributed by atoms with Crippen LogP contribution >= 0.6 is 0 Å². The van der Waals surface area contributed by atoms with E-state index in [2.05, 4.69) is 5.32 Å². The van der Waals surface area contributed by atoms with Gasteiger partial charge in [0.2, 0.25) is 5.91 Å². The molecule has 7 nitrogen and oxygen atoms in total. The number of rotatable bonds is 4. The number of nitrogens with one attached hydrogen (secondary N) is 1. The first-order chi connectivity index (χ1) is 16.4. The third-order valence-electron chi connectivity index (χ3n) is 7.18. The van der Waals surface area contributed by atoms with Crippen molar-refractivity contribution in [3.8, 4) is 0 Å². The lowest BCUT2D eigenvalue weighted by Crippen LogP contribution is -2.60. The third-order valence-corrected chi connectivity index (χ3v) is 7.18. The number of aryl methyl sites for hydroxylation is 2. The number of nitrogens with zero attached hydrogens (tertiary/aromatic N) is 2. The number of hydrogen-bond acceptors (Lipinski definition) is 4. The Labute approximate surface area is 200 Å². The number of benzene rings is 2. The van der Waals surface area contributed by atoms with Crippen molar-refractivity contribution >= 4 is 17.7 Å². The monoisotopic (exact) mass is 461 g/mol. The molecule has 3 fully saturated rings. The van der Waals surface area contributed by atoms with Crippen LogP contribution in [0.1, 0.15) is 57.5 Å². The molecule has 3 amide bonds. The maximum atomic E-state index is 13.8. The summed E-state index contributed by atoms with van der Waals surface area (Å²) in [5.74, 6) is -0.361. The molecule has 0 radical (unpaired) electrons. The normalized spacial score (nSPS) is 21.5. The predicted octanol–water partition coefficient (Wildman–Crippen LogP) is 3.06. The average molecular weight is 462 g/mol.